The highest BCUT2D eigenvalue weighted by Crippen LogP contribution is 2.14. The van der Waals surface area contributed by atoms with Crippen molar-refractivity contribution in [1.29, 1.82) is 0 Å². The first-order valence-corrected chi connectivity index (χ1v) is 7.63. The standard InChI is InChI=1S/C17H18N2O4/c20-16(15-6-3-9-23-15)19-14(17(21)22)10-12-8-7-11-4-1-2-5-13(11)18-12/h1-2,4-5,7-8,14-15H,3,6,9-10H2,(H,19,20)(H,21,22)/t14-,15-/m0/s1. The van der Waals surface area contributed by atoms with Gasteiger partial charge in [0, 0.05) is 24.1 Å². The average molecular weight is 314 g/mol. The van der Waals surface area contributed by atoms with E-state index in [1.165, 1.54) is 0 Å². The molecule has 2 heterocycles. The second-order valence-corrected chi connectivity index (χ2v) is 5.60. The van der Waals surface area contributed by atoms with Crippen molar-refractivity contribution >= 4 is 22.8 Å². The number of carbonyl (C=O) groups excluding carboxylic acids is 1. The summed E-state index contributed by atoms with van der Waals surface area (Å²) < 4.78 is 5.28. The smallest absolute Gasteiger partial charge is 0.326 e. The lowest BCUT2D eigenvalue weighted by Gasteiger charge is -2.17. The van der Waals surface area contributed by atoms with Gasteiger partial charge in [-0.15, -0.1) is 0 Å². The highest BCUT2D eigenvalue weighted by Gasteiger charge is 2.28. The molecule has 120 valence electrons. The van der Waals surface area contributed by atoms with Crippen LogP contribution in [0.15, 0.2) is 36.4 Å². The molecular weight excluding hydrogens is 296 g/mol. The van der Waals surface area contributed by atoms with Crippen molar-refractivity contribution in [3.8, 4) is 0 Å². The van der Waals surface area contributed by atoms with Gasteiger partial charge in [-0.05, 0) is 25.0 Å². The zero-order valence-electron chi connectivity index (χ0n) is 12.6. The predicted octanol–water partition coefficient (Wildman–Crippen LogP) is 1.53. The number of para-hydroxylation sites is 1. The van der Waals surface area contributed by atoms with E-state index in [2.05, 4.69) is 10.3 Å². The van der Waals surface area contributed by atoms with E-state index >= 15 is 0 Å². The first-order valence-electron chi connectivity index (χ1n) is 7.63. The van der Waals surface area contributed by atoms with E-state index in [1.54, 1.807) is 6.07 Å². The molecule has 0 unspecified atom stereocenters. The van der Waals surface area contributed by atoms with Gasteiger partial charge in [0.1, 0.15) is 12.1 Å². The fourth-order valence-corrected chi connectivity index (χ4v) is 2.68. The zero-order chi connectivity index (χ0) is 16.2. The number of benzene rings is 1. The van der Waals surface area contributed by atoms with Crippen molar-refractivity contribution in [1.82, 2.24) is 10.3 Å². The third-order valence-electron chi connectivity index (χ3n) is 3.91. The summed E-state index contributed by atoms with van der Waals surface area (Å²) in [5.41, 5.74) is 1.43. The van der Waals surface area contributed by atoms with Crippen LogP contribution >= 0.6 is 0 Å². The molecule has 6 heteroatoms. The van der Waals surface area contributed by atoms with Crippen LogP contribution in [0.4, 0.5) is 0 Å². The second kappa shape index (κ2) is 6.75. The summed E-state index contributed by atoms with van der Waals surface area (Å²) in [6, 6.07) is 10.3. The van der Waals surface area contributed by atoms with Crippen molar-refractivity contribution in [2.75, 3.05) is 6.61 Å². The number of ether oxygens (including phenoxy) is 1. The first-order chi connectivity index (χ1) is 11.1. The maximum Gasteiger partial charge on any atom is 0.326 e. The van der Waals surface area contributed by atoms with Gasteiger partial charge in [0.15, 0.2) is 0 Å². The topological polar surface area (TPSA) is 88.5 Å². The van der Waals surface area contributed by atoms with E-state index in [0.717, 1.165) is 17.3 Å². The Morgan fingerprint density at radius 3 is 2.87 bits per heavy atom. The molecule has 3 rings (SSSR count). The largest absolute Gasteiger partial charge is 0.480 e. The lowest BCUT2D eigenvalue weighted by Crippen LogP contribution is -2.46. The van der Waals surface area contributed by atoms with Gasteiger partial charge in [0.25, 0.3) is 0 Å². The van der Waals surface area contributed by atoms with Gasteiger partial charge < -0.3 is 15.2 Å². The van der Waals surface area contributed by atoms with Crippen LogP contribution in [-0.2, 0) is 20.7 Å². The molecular formula is C17H18N2O4. The van der Waals surface area contributed by atoms with E-state index in [0.29, 0.717) is 18.7 Å². The third kappa shape index (κ3) is 3.65. The maximum absolute atomic E-state index is 12.0. The van der Waals surface area contributed by atoms with Crippen LogP contribution < -0.4 is 5.32 Å². The summed E-state index contributed by atoms with van der Waals surface area (Å²) in [5, 5.41) is 12.9. The van der Waals surface area contributed by atoms with Crippen molar-refractivity contribution in [3.05, 3.63) is 42.1 Å². The highest BCUT2D eigenvalue weighted by molar-refractivity contribution is 5.86. The fourth-order valence-electron chi connectivity index (χ4n) is 2.68. The molecule has 23 heavy (non-hydrogen) atoms. The Kier molecular flexibility index (Phi) is 4.52. The zero-order valence-corrected chi connectivity index (χ0v) is 12.6. The van der Waals surface area contributed by atoms with E-state index in [4.69, 9.17) is 4.74 Å². The van der Waals surface area contributed by atoms with Crippen LogP contribution in [0.2, 0.25) is 0 Å². The van der Waals surface area contributed by atoms with E-state index in [-0.39, 0.29) is 12.3 Å². The molecule has 1 aliphatic rings. The number of carboxylic acids is 1. The number of fused-ring (bicyclic) bond motifs is 1. The summed E-state index contributed by atoms with van der Waals surface area (Å²) in [7, 11) is 0. The van der Waals surface area contributed by atoms with Crippen molar-refractivity contribution in [3.63, 3.8) is 0 Å². The molecule has 6 nitrogen and oxygen atoms in total. The lowest BCUT2D eigenvalue weighted by molar-refractivity contribution is -0.143. The lowest BCUT2D eigenvalue weighted by atomic mass is 10.1. The number of nitrogens with one attached hydrogen (secondary N) is 1. The highest BCUT2D eigenvalue weighted by atomic mass is 16.5. The normalized spacial score (nSPS) is 18.7. The maximum atomic E-state index is 12.0. The van der Waals surface area contributed by atoms with Crippen LogP contribution in [0.1, 0.15) is 18.5 Å². The van der Waals surface area contributed by atoms with Gasteiger partial charge in [-0.1, -0.05) is 24.3 Å². The molecule has 0 aliphatic carbocycles. The van der Waals surface area contributed by atoms with Gasteiger partial charge in [-0.2, -0.15) is 0 Å². The van der Waals surface area contributed by atoms with Gasteiger partial charge in [-0.3, -0.25) is 9.78 Å². The van der Waals surface area contributed by atoms with E-state index < -0.39 is 18.1 Å². The molecule has 2 aromatic rings. The Bertz CT molecular complexity index is 725. The Balaban J connectivity index is 1.72. The summed E-state index contributed by atoms with van der Waals surface area (Å²) in [5.74, 6) is -1.44. The average Bonchev–Trinajstić information content (AvgIpc) is 3.08. The van der Waals surface area contributed by atoms with Crippen LogP contribution in [0.5, 0.6) is 0 Å². The van der Waals surface area contributed by atoms with Gasteiger partial charge in [0.2, 0.25) is 5.91 Å². The molecule has 0 spiro atoms. The SMILES string of the molecule is O=C(O)[C@H](Cc1ccc2ccccc2n1)NC(=O)[C@@H]1CCCO1. The molecule has 1 aliphatic heterocycles. The molecule has 1 amide bonds. The number of hydrogen-bond donors (Lipinski definition) is 2. The van der Waals surface area contributed by atoms with Crippen molar-refractivity contribution in [2.24, 2.45) is 0 Å². The number of aliphatic carboxylic acids is 1. The number of carbonyl (C=O) groups is 2. The summed E-state index contributed by atoms with van der Waals surface area (Å²) in [6.07, 6.45) is 1.05. The molecule has 1 aromatic heterocycles. The Morgan fingerprint density at radius 1 is 1.30 bits per heavy atom. The molecule has 2 N–H and O–H groups in total. The summed E-state index contributed by atoms with van der Waals surface area (Å²) >= 11 is 0. The minimum absolute atomic E-state index is 0.138. The quantitative estimate of drug-likeness (QED) is 0.873. The monoisotopic (exact) mass is 314 g/mol. The van der Waals surface area contributed by atoms with Crippen LogP contribution in [0, 0.1) is 0 Å². The second-order valence-electron chi connectivity index (χ2n) is 5.60. The molecule has 1 aromatic carbocycles. The number of carboxylic acid groups (broad SMARTS) is 1. The van der Waals surface area contributed by atoms with Crippen LogP contribution in [0.25, 0.3) is 10.9 Å². The summed E-state index contributed by atoms with van der Waals surface area (Å²) in [6.45, 7) is 0.544. The molecule has 1 saturated heterocycles. The van der Waals surface area contributed by atoms with Gasteiger partial charge >= 0.3 is 5.97 Å². The minimum atomic E-state index is -1.08. The number of amides is 1. The number of nitrogens with zero attached hydrogens (tertiary/aromatic N) is 1. The molecule has 0 radical (unpaired) electrons. The molecule has 0 bridgehead atoms. The Hall–Kier alpha value is -2.47. The number of hydrogen-bond acceptors (Lipinski definition) is 4. The van der Waals surface area contributed by atoms with Crippen molar-refractivity contribution < 1.29 is 19.4 Å². The number of rotatable bonds is 5. The van der Waals surface area contributed by atoms with Crippen molar-refractivity contribution in [2.45, 2.75) is 31.4 Å². The van der Waals surface area contributed by atoms with E-state index in [9.17, 15) is 14.7 Å². The molecule has 2 atom stereocenters. The molecule has 0 saturated carbocycles. The minimum Gasteiger partial charge on any atom is -0.480 e. The fraction of sp³-hybridized carbons (Fsp3) is 0.353. The van der Waals surface area contributed by atoms with Crippen LogP contribution in [-0.4, -0.2) is 40.7 Å². The Labute approximate surface area is 133 Å². The predicted molar refractivity (Wildman–Crippen MR) is 84.0 cm³/mol. The first kappa shape index (κ1) is 15.4. The third-order valence-corrected chi connectivity index (χ3v) is 3.91. The Morgan fingerprint density at radius 2 is 2.13 bits per heavy atom. The molecule has 1 fully saturated rings. The number of pyridine rings is 1. The van der Waals surface area contributed by atoms with Gasteiger partial charge in [0.05, 0.1) is 5.52 Å². The van der Waals surface area contributed by atoms with E-state index in [1.807, 2.05) is 30.3 Å². The van der Waals surface area contributed by atoms with Crippen LogP contribution in [0.3, 0.4) is 0 Å². The van der Waals surface area contributed by atoms with Gasteiger partial charge in [-0.25, -0.2) is 4.79 Å². The summed E-state index contributed by atoms with van der Waals surface area (Å²) in [4.78, 5) is 27.9. The number of aromatic nitrogens is 1.